The first-order valence-electron chi connectivity index (χ1n) is 6.94. The summed E-state index contributed by atoms with van der Waals surface area (Å²) in [6, 6.07) is 8.75. The number of benzene rings is 1. The molecule has 0 bridgehead atoms. The third kappa shape index (κ3) is 5.35. The molecule has 5 heteroatoms. The van der Waals surface area contributed by atoms with E-state index in [-0.39, 0.29) is 6.61 Å². The summed E-state index contributed by atoms with van der Waals surface area (Å²) in [4.78, 5) is 0. The van der Waals surface area contributed by atoms with Crippen LogP contribution in [0.3, 0.4) is 0 Å². The second-order valence-electron chi connectivity index (χ2n) is 6.17. The number of aliphatic hydroxyl groups is 2. The topological polar surface area (TPSA) is 85.5 Å². The molecule has 0 saturated heterocycles. The molecule has 5 nitrogen and oxygen atoms in total. The SMILES string of the molecule is CC(C)(O)C(C)(C)NCC(O)COc1ccc(C#N)cc1. The van der Waals surface area contributed by atoms with E-state index in [0.29, 0.717) is 17.9 Å². The number of nitriles is 1. The third-order valence-electron chi connectivity index (χ3n) is 3.73. The van der Waals surface area contributed by atoms with Crippen LogP contribution in [0, 0.1) is 11.3 Å². The van der Waals surface area contributed by atoms with Gasteiger partial charge in [0.15, 0.2) is 0 Å². The van der Waals surface area contributed by atoms with Crippen molar-refractivity contribution in [2.75, 3.05) is 13.2 Å². The smallest absolute Gasteiger partial charge is 0.119 e. The highest BCUT2D eigenvalue weighted by molar-refractivity contribution is 5.34. The van der Waals surface area contributed by atoms with Crippen molar-refractivity contribution in [3.05, 3.63) is 29.8 Å². The van der Waals surface area contributed by atoms with Gasteiger partial charge >= 0.3 is 0 Å². The van der Waals surface area contributed by atoms with Gasteiger partial charge in [-0.05, 0) is 52.0 Å². The summed E-state index contributed by atoms with van der Waals surface area (Å²) in [5, 5.41) is 31.8. The van der Waals surface area contributed by atoms with Gasteiger partial charge in [-0.25, -0.2) is 0 Å². The Hall–Kier alpha value is -1.61. The molecule has 3 N–H and O–H groups in total. The lowest BCUT2D eigenvalue weighted by Crippen LogP contribution is -2.57. The molecule has 1 unspecified atom stereocenters. The van der Waals surface area contributed by atoms with Crippen molar-refractivity contribution in [2.45, 2.75) is 44.9 Å². The Morgan fingerprint density at radius 1 is 1.24 bits per heavy atom. The predicted octanol–water partition coefficient (Wildman–Crippen LogP) is 1.44. The summed E-state index contributed by atoms with van der Waals surface area (Å²) in [6.07, 6.45) is -0.692. The fourth-order valence-corrected chi connectivity index (χ4v) is 1.47. The molecule has 0 aliphatic heterocycles. The van der Waals surface area contributed by atoms with Gasteiger partial charge < -0.3 is 20.3 Å². The number of nitrogens with zero attached hydrogens (tertiary/aromatic N) is 1. The molecule has 1 atom stereocenters. The van der Waals surface area contributed by atoms with E-state index in [1.54, 1.807) is 38.1 Å². The van der Waals surface area contributed by atoms with Crippen LogP contribution in [-0.2, 0) is 0 Å². The Balaban J connectivity index is 2.41. The van der Waals surface area contributed by atoms with Gasteiger partial charge in [-0.2, -0.15) is 5.26 Å². The molecule has 116 valence electrons. The van der Waals surface area contributed by atoms with E-state index in [1.807, 2.05) is 19.9 Å². The fraction of sp³-hybridized carbons (Fsp3) is 0.562. The number of hydrogen-bond donors (Lipinski definition) is 3. The lowest BCUT2D eigenvalue weighted by molar-refractivity contribution is -0.0120. The molecule has 0 spiro atoms. The van der Waals surface area contributed by atoms with Crippen LogP contribution in [0.2, 0.25) is 0 Å². The molecule has 0 aromatic heterocycles. The van der Waals surface area contributed by atoms with Crippen LogP contribution < -0.4 is 10.1 Å². The van der Waals surface area contributed by atoms with Crippen LogP contribution in [0.5, 0.6) is 5.75 Å². The third-order valence-corrected chi connectivity index (χ3v) is 3.73. The van der Waals surface area contributed by atoms with Crippen molar-refractivity contribution >= 4 is 0 Å². The van der Waals surface area contributed by atoms with Crippen molar-refractivity contribution in [1.82, 2.24) is 5.32 Å². The predicted molar refractivity (Wildman–Crippen MR) is 81.0 cm³/mol. The lowest BCUT2D eigenvalue weighted by atomic mass is 9.86. The zero-order chi connectivity index (χ0) is 16.1. The fourth-order valence-electron chi connectivity index (χ4n) is 1.47. The van der Waals surface area contributed by atoms with Crippen LogP contribution in [0.4, 0.5) is 0 Å². The maximum Gasteiger partial charge on any atom is 0.119 e. The van der Waals surface area contributed by atoms with Crippen molar-refractivity contribution < 1.29 is 14.9 Å². The second kappa shape index (κ2) is 6.90. The number of rotatable bonds is 7. The summed E-state index contributed by atoms with van der Waals surface area (Å²) in [5.41, 5.74) is -0.861. The number of nitrogens with one attached hydrogen (secondary N) is 1. The van der Waals surface area contributed by atoms with Gasteiger partial charge in [0.1, 0.15) is 18.5 Å². The molecule has 0 heterocycles. The zero-order valence-corrected chi connectivity index (χ0v) is 13.1. The van der Waals surface area contributed by atoms with Crippen molar-refractivity contribution in [1.29, 1.82) is 5.26 Å². The minimum Gasteiger partial charge on any atom is -0.491 e. The largest absolute Gasteiger partial charge is 0.491 e. The van der Waals surface area contributed by atoms with E-state index in [2.05, 4.69) is 5.32 Å². The molecular weight excluding hydrogens is 268 g/mol. The van der Waals surface area contributed by atoms with E-state index in [1.165, 1.54) is 0 Å². The molecule has 0 aliphatic carbocycles. The van der Waals surface area contributed by atoms with E-state index < -0.39 is 17.2 Å². The summed E-state index contributed by atoms with van der Waals surface area (Å²) in [5.74, 6) is 0.606. The van der Waals surface area contributed by atoms with Gasteiger partial charge in [0.2, 0.25) is 0 Å². The van der Waals surface area contributed by atoms with Crippen molar-refractivity contribution in [3.8, 4) is 11.8 Å². The van der Waals surface area contributed by atoms with Gasteiger partial charge in [0.05, 0.1) is 17.2 Å². The Kier molecular flexibility index (Phi) is 5.73. The van der Waals surface area contributed by atoms with Gasteiger partial charge in [-0.15, -0.1) is 0 Å². The van der Waals surface area contributed by atoms with Crippen LogP contribution in [0.1, 0.15) is 33.3 Å². The highest BCUT2D eigenvalue weighted by Gasteiger charge is 2.34. The van der Waals surface area contributed by atoms with Gasteiger partial charge in [0, 0.05) is 12.1 Å². The van der Waals surface area contributed by atoms with E-state index in [0.717, 1.165) is 0 Å². The Labute approximate surface area is 126 Å². The highest BCUT2D eigenvalue weighted by Crippen LogP contribution is 2.20. The average molecular weight is 292 g/mol. The molecule has 0 amide bonds. The maximum absolute atomic E-state index is 10.0. The first-order valence-corrected chi connectivity index (χ1v) is 6.94. The second-order valence-corrected chi connectivity index (χ2v) is 6.17. The number of β-amino-alcohol motifs (C(OH)–C–C–N with tert-alkyl or cyclic N) is 1. The highest BCUT2D eigenvalue weighted by atomic mass is 16.5. The zero-order valence-electron chi connectivity index (χ0n) is 13.1. The van der Waals surface area contributed by atoms with E-state index in [4.69, 9.17) is 10.00 Å². The summed E-state index contributed by atoms with van der Waals surface area (Å²) >= 11 is 0. The van der Waals surface area contributed by atoms with Gasteiger partial charge in [-0.1, -0.05) is 0 Å². The molecule has 1 aromatic rings. The first kappa shape index (κ1) is 17.4. The van der Waals surface area contributed by atoms with E-state index >= 15 is 0 Å². The molecule has 0 radical (unpaired) electrons. The maximum atomic E-state index is 10.0. The van der Waals surface area contributed by atoms with E-state index in [9.17, 15) is 10.2 Å². The summed E-state index contributed by atoms with van der Waals surface area (Å²) in [6.45, 7) is 7.65. The lowest BCUT2D eigenvalue weighted by Gasteiger charge is -2.38. The molecular formula is C16H24N2O3. The minimum absolute atomic E-state index is 0.140. The number of ether oxygens (including phenoxy) is 1. The number of hydrogen-bond acceptors (Lipinski definition) is 5. The Morgan fingerprint density at radius 2 is 1.81 bits per heavy atom. The molecule has 0 aliphatic rings. The van der Waals surface area contributed by atoms with Gasteiger partial charge in [0.25, 0.3) is 0 Å². The van der Waals surface area contributed by atoms with Crippen molar-refractivity contribution in [2.24, 2.45) is 0 Å². The standard InChI is InChI=1S/C16H24N2O3/c1-15(2,16(3,4)20)18-10-13(19)11-21-14-7-5-12(9-17)6-8-14/h5-8,13,18-20H,10-11H2,1-4H3. The summed E-state index contributed by atoms with van der Waals surface area (Å²) in [7, 11) is 0. The minimum atomic E-state index is -0.902. The molecule has 0 fully saturated rings. The average Bonchev–Trinajstić information content (AvgIpc) is 2.42. The molecule has 0 saturated carbocycles. The molecule has 1 aromatic carbocycles. The number of aliphatic hydroxyl groups excluding tert-OH is 1. The van der Waals surface area contributed by atoms with Crippen LogP contribution in [0.25, 0.3) is 0 Å². The van der Waals surface area contributed by atoms with Crippen molar-refractivity contribution in [3.63, 3.8) is 0 Å². The summed E-state index contributed by atoms with van der Waals surface area (Å²) < 4.78 is 5.46. The van der Waals surface area contributed by atoms with Gasteiger partial charge in [-0.3, -0.25) is 0 Å². The quantitative estimate of drug-likeness (QED) is 0.708. The normalized spacial score (nSPS) is 13.6. The van der Waals surface area contributed by atoms with Crippen LogP contribution in [-0.4, -0.2) is 40.6 Å². The molecule has 1 rings (SSSR count). The first-order chi connectivity index (χ1) is 9.65. The monoisotopic (exact) mass is 292 g/mol. The van der Waals surface area contributed by atoms with Crippen LogP contribution in [0.15, 0.2) is 24.3 Å². The molecule has 21 heavy (non-hydrogen) atoms. The Bertz CT molecular complexity index is 484. The van der Waals surface area contributed by atoms with Crippen LogP contribution >= 0.6 is 0 Å². The Morgan fingerprint density at radius 3 is 2.29 bits per heavy atom.